The van der Waals surface area contributed by atoms with E-state index in [2.05, 4.69) is 92.5 Å². The Morgan fingerprint density at radius 2 is 0.826 bits per heavy atom. The largest absolute Gasteiger partial charge is 0.281 e. The summed E-state index contributed by atoms with van der Waals surface area (Å²) >= 11 is 17.4. The summed E-state index contributed by atoms with van der Waals surface area (Å²) in [5.74, 6) is -0.292. The van der Waals surface area contributed by atoms with Gasteiger partial charge in [-0.15, -0.1) is 68.0 Å². The van der Waals surface area contributed by atoms with Gasteiger partial charge in [0.2, 0.25) is 0 Å². The van der Waals surface area contributed by atoms with Crippen LogP contribution in [0.1, 0.15) is 20.9 Å². The van der Waals surface area contributed by atoms with E-state index in [1.807, 2.05) is 24.6 Å². The van der Waals surface area contributed by atoms with E-state index in [4.69, 9.17) is 0 Å². The third-order valence-electron chi connectivity index (χ3n) is 8.16. The molecule has 46 heavy (non-hydrogen) atoms. The van der Waals surface area contributed by atoms with Crippen molar-refractivity contribution in [1.82, 2.24) is 9.80 Å². The Kier molecular flexibility index (Phi) is 6.28. The van der Waals surface area contributed by atoms with Crippen LogP contribution in [0.3, 0.4) is 0 Å². The molecule has 0 saturated carbocycles. The fourth-order valence-electron chi connectivity index (χ4n) is 6.15. The smallest absolute Gasteiger partial charge is 0.265 e. The quantitative estimate of drug-likeness (QED) is 0.177. The van der Waals surface area contributed by atoms with Crippen LogP contribution in [-0.4, -0.2) is 21.6 Å². The van der Waals surface area contributed by atoms with Gasteiger partial charge in [0.1, 0.15) is 0 Å². The molecule has 0 spiro atoms. The molecule has 6 aromatic heterocycles. The number of nitrogens with zero attached hydrogens (tertiary/aromatic N) is 2. The number of halogens is 2. The molecule has 10 rings (SSSR count). The van der Waals surface area contributed by atoms with Crippen LogP contribution in [0.2, 0.25) is 0 Å². The van der Waals surface area contributed by atoms with Crippen LogP contribution in [0.4, 0.5) is 0 Å². The highest BCUT2D eigenvalue weighted by atomic mass is 79.9. The van der Waals surface area contributed by atoms with E-state index in [0.29, 0.717) is 22.5 Å². The highest BCUT2D eigenvalue weighted by Gasteiger charge is 2.50. The summed E-state index contributed by atoms with van der Waals surface area (Å²) in [6, 6.07) is 21.4. The zero-order chi connectivity index (χ0) is 30.8. The van der Waals surface area contributed by atoms with Crippen molar-refractivity contribution in [3.05, 3.63) is 113 Å². The van der Waals surface area contributed by atoms with Gasteiger partial charge in [0, 0.05) is 51.4 Å². The maximum absolute atomic E-state index is 14.1. The molecule has 2 amide bonds. The average molecular weight is 835 g/mol. The summed E-state index contributed by atoms with van der Waals surface area (Å²) in [5, 5.41) is 0. The van der Waals surface area contributed by atoms with Crippen LogP contribution in [0.25, 0.3) is 62.6 Å². The molecule has 0 aliphatic carbocycles. The van der Waals surface area contributed by atoms with Crippen LogP contribution >= 0.6 is 99.9 Å². The summed E-state index contributed by atoms with van der Waals surface area (Å²) in [7, 11) is 0. The van der Waals surface area contributed by atoms with Crippen LogP contribution in [-0.2, 0) is 9.59 Å². The first kappa shape index (κ1) is 28.1. The minimum absolute atomic E-state index is 0.146. The van der Waals surface area contributed by atoms with Crippen LogP contribution < -0.4 is 0 Å². The summed E-state index contributed by atoms with van der Waals surface area (Å²) in [6.07, 6.45) is 7.64. The predicted octanol–water partition coefficient (Wildman–Crippen LogP) is 12.0. The number of amides is 2. The molecule has 0 saturated heterocycles. The second-order valence-corrected chi connectivity index (χ2v) is 20.0. The molecular formula is C34H14Br2N2O2S6. The first-order valence-corrected chi connectivity index (χ1v) is 20.4. The lowest BCUT2D eigenvalue weighted by atomic mass is 10.0. The highest BCUT2D eigenvalue weighted by Crippen LogP contribution is 2.55. The van der Waals surface area contributed by atoms with Crippen LogP contribution in [0, 0.1) is 0 Å². The van der Waals surface area contributed by atoms with Crippen molar-refractivity contribution in [2.75, 3.05) is 0 Å². The molecular weight excluding hydrogens is 821 g/mol. The Balaban J connectivity index is 1.06. The Bertz CT molecular complexity index is 2300. The molecule has 0 fully saturated rings. The molecule has 4 aliphatic heterocycles. The zero-order valence-corrected chi connectivity index (χ0v) is 31.1. The molecule has 0 radical (unpaired) electrons. The maximum Gasteiger partial charge on any atom is 0.265 e. The van der Waals surface area contributed by atoms with Crippen molar-refractivity contribution in [3.63, 3.8) is 0 Å². The first-order chi connectivity index (χ1) is 22.4. The zero-order valence-electron chi connectivity index (χ0n) is 23.0. The summed E-state index contributed by atoms with van der Waals surface area (Å²) in [5.41, 5.74) is 4.48. The van der Waals surface area contributed by atoms with Crippen molar-refractivity contribution in [2.45, 2.75) is 0 Å². The van der Waals surface area contributed by atoms with Crippen LogP contribution in [0.15, 0.2) is 91.8 Å². The molecule has 10 heterocycles. The van der Waals surface area contributed by atoms with E-state index in [9.17, 15) is 9.59 Å². The number of carbonyl (C=O) groups excluding carboxylic acids is 2. The fraction of sp³-hybridized carbons (Fsp3) is 0. The van der Waals surface area contributed by atoms with Gasteiger partial charge >= 0.3 is 0 Å². The molecule has 6 aromatic rings. The van der Waals surface area contributed by atoms with Gasteiger partial charge in [-0.2, -0.15) is 0 Å². The van der Waals surface area contributed by atoms with E-state index in [0.717, 1.165) is 38.2 Å². The lowest BCUT2D eigenvalue weighted by Gasteiger charge is -2.24. The van der Waals surface area contributed by atoms with E-state index in [-0.39, 0.29) is 11.8 Å². The second kappa shape index (κ2) is 10.3. The lowest BCUT2D eigenvalue weighted by molar-refractivity contribution is -0.122. The maximum atomic E-state index is 14.1. The lowest BCUT2D eigenvalue weighted by Crippen LogP contribution is -2.25. The number of hydrogen-bond donors (Lipinski definition) is 0. The van der Waals surface area contributed by atoms with Gasteiger partial charge in [-0.25, -0.2) is 0 Å². The van der Waals surface area contributed by atoms with Gasteiger partial charge in [0.15, 0.2) is 0 Å². The third-order valence-corrected chi connectivity index (χ3v) is 16.7. The highest BCUT2D eigenvalue weighted by molar-refractivity contribution is 9.11. The summed E-state index contributed by atoms with van der Waals surface area (Å²) in [6.45, 7) is 0. The van der Waals surface area contributed by atoms with Crippen molar-refractivity contribution >= 4 is 135 Å². The van der Waals surface area contributed by atoms with Crippen molar-refractivity contribution in [2.24, 2.45) is 0 Å². The SMILES string of the molecule is O=C1C2=C3c4sc(-c5ccc(-c6ccc(Br)s6)s5)cc4C=CN3C(=O)C2=C2c3sc(-c4ccc(-c5ccc(Br)s5)s4)cc3C=CN12. The van der Waals surface area contributed by atoms with Crippen molar-refractivity contribution in [1.29, 1.82) is 0 Å². The van der Waals surface area contributed by atoms with Gasteiger partial charge in [-0.05, 0) is 116 Å². The van der Waals surface area contributed by atoms with Crippen molar-refractivity contribution < 1.29 is 9.59 Å². The number of carbonyl (C=O) groups is 2. The fourth-order valence-corrected chi connectivity index (χ4v) is 13.7. The van der Waals surface area contributed by atoms with Gasteiger partial charge in [-0.3, -0.25) is 19.4 Å². The number of rotatable bonds is 4. The third kappa shape index (κ3) is 4.08. The average Bonchev–Trinajstić information content (AvgIpc) is 3.88. The molecule has 0 atom stereocenters. The number of thiophene rings is 6. The molecule has 4 aliphatic rings. The predicted molar refractivity (Wildman–Crippen MR) is 203 cm³/mol. The van der Waals surface area contributed by atoms with Gasteiger partial charge in [0.25, 0.3) is 11.8 Å². The molecule has 0 unspecified atom stereocenters. The normalized spacial score (nSPS) is 16.1. The number of hydrogen-bond acceptors (Lipinski definition) is 8. The topological polar surface area (TPSA) is 40.6 Å². The Morgan fingerprint density at radius 3 is 1.22 bits per heavy atom. The van der Waals surface area contributed by atoms with E-state index >= 15 is 0 Å². The molecule has 4 nitrogen and oxygen atoms in total. The van der Waals surface area contributed by atoms with Crippen molar-refractivity contribution in [3.8, 4) is 39.0 Å². The standard InChI is InChI=1S/C34H14Br2N2O2S6/c35-25-7-5-19(43-25)17-1-3-21(41-17)23-13-15-9-11-37-29(31(15)45-23)27-28(34(37)40)30-32-16(10-12-38(30)33(27)39)14-24(46-32)22-4-2-18(42-22)20-6-8-26(36)44-20/h1-14H. The Hall–Kier alpha value is -2.94. The molecule has 0 N–H and O–H groups in total. The minimum atomic E-state index is -0.146. The van der Waals surface area contributed by atoms with Gasteiger partial charge in [0.05, 0.1) is 39.9 Å². The van der Waals surface area contributed by atoms with Gasteiger partial charge < -0.3 is 0 Å². The first-order valence-electron chi connectivity index (χ1n) is 13.9. The molecule has 222 valence electrons. The van der Waals surface area contributed by atoms with Gasteiger partial charge in [-0.1, -0.05) is 0 Å². The molecule has 12 heteroatoms. The Labute approximate surface area is 303 Å². The summed E-state index contributed by atoms with van der Waals surface area (Å²) < 4.78 is 2.22. The van der Waals surface area contributed by atoms with E-state index in [1.165, 1.54) is 29.3 Å². The second-order valence-electron chi connectivity index (χ2n) is 10.8. The number of fused-ring (bicyclic) bond motifs is 7. The molecule has 0 aromatic carbocycles. The molecule has 0 bridgehead atoms. The Morgan fingerprint density at radius 1 is 0.457 bits per heavy atom. The van der Waals surface area contributed by atoms with E-state index < -0.39 is 0 Å². The minimum Gasteiger partial charge on any atom is -0.281 e. The summed E-state index contributed by atoms with van der Waals surface area (Å²) in [4.78, 5) is 43.0. The van der Waals surface area contributed by atoms with Crippen LogP contribution in [0.5, 0.6) is 0 Å². The monoisotopic (exact) mass is 832 g/mol. The van der Waals surface area contributed by atoms with E-state index in [1.54, 1.807) is 77.8 Å².